The molecule has 0 aliphatic carbocycles. The van der Waals surface area contributed by atoms with Crippen molar-refractivity contribution in [1.29, 1.82) is 0 Å². The summed E-state index contributed by atoms with van der Waals surface area (Å²) in [6.45, 7) is 6.02. The number of carbonyl (C=O) groups is 1. The number of nitrogens with zero attached hydrogens (tertiary/aromatic N) is 2. The third kappa shape index (κ3) is 7.51. The summed E-state index contributed by atoms with van der Waals surface area (Å²) in [6.07, 6.45) is 1.47. The molecule has 0 saturated carbocycles. The Labute approximate surface area is 159 Å². The molecule has 1 aromatic rings. The van der Waals surface area contributed by atoms with Gasteiger partial charge in [-0.1, -0.05) is 18.6 Å². The van der Waals surface area contributed by atoms with Gasteiger partial charge in [-0.3, -0.25) is 0 Å². The monoisotopic (exact) mass is 402 g/mol. The number of hydrogen-bond acceptors (Lipinski definition) is 5. The lowest BCUT2D eigenvalue weighted by atomic mass is 10.2. The number of nitrogens with one attached hydrogen (secondary N) is 1. The van der Waals surface area contributed by atoms with E-state index in [0.717, 1.165) is 4.31 Å². The summed E-state index contributed by atoms with van der Waals surface area (Å²) in [6, 6.07) is 5.45. The molecule has 0 bridgehead atoms. The number of alkyl carbamates (subject to hydrolysis) is 1. The molecule has 0 saturated heterocycles. The number of hydrogen-bond donors (Lipinski definition) is 2. The zero-order valence-electron chi connectivity index (χ0n) is 16.1. The Hall–Kier alpha value is -2.20. The van der Waals surface area contributed by atoms with Gasteiger partial charge in [0.25, 0.3) is 4.92 Å². The number of rotatable bonds is 9. The van der Waals surface area contributed by atoms with Crippen LogP contribution < -0.4 is 5.32 Å². The first-order valence-corrected chi connectivity index (χ1v) is 10.1. The summed E-state index contributed by atoms with van der Waals surface area (Å²) >= 11 is 0. The molecule has 0 unspecified atom stereocenters. The van der Waals surface area contributed by atoms with Gasteiger partial charge in [0.15, 0.2) is 4.90 Å². The lowest BCUT2D eigenvalue weighted by Crippen LogP contribution is -2.33. The van der Waals surface area contributed by atoms with Crippen LogP contribution in [0.25, 0.3) is 0 Å². The Morgan fingerprint density at radius 2 is 1.85 bits per heavy atom. The van der Waals surface area contributed by atoms with Crippen LogP contribution in [0, 0.1) is 4.91 Å². The lowest BCUT2D eigenvalue weighted by molar-refractivity contribution is -0.731. The van der Waals surface area contributed by atoms with Crippen LogP contribution in [-0.2, 0) is 14.8 Å². The van der Waals surface area contributed by atoms with Crippen LogP contribution in [0.2, 0.25) is 0 Å². The molecule has 152 valence electrons. The highest BCUT2D eigenvalue weighted by molar-refractivity contribution is 7.89. The average molecular weight is 402 g/mol. The third-order valence-corrected chi connectivity index (χ3v) is 5.48. The Morgan fingerprint density at radius 3 is 2.44 bits per heavy atom. The van der Waals surface area contributed by atoms with E-state index < -0.39 is 26.6 Å². The van der Waals surface area contributed by atoms with Crippen molar-refractivity contribution in [3.8, 4) is 0 Å². The van der Waals surface area contributed by atoms with Gasteiger partial charge in [-0.15, -0.1) is 0 Å². The van der Waals surface area contributed by atoms with Crippen molar-refractivity contribution in [2.45, 2.75) is 50.5 Å². The van der Waals surface area contributed by atoms with Gasteiger partial charge in [0.2, 0.25) is 10.0 Å². The van der Waals surface area contributed by atoms with E-state index in [2.05, 4.69) is 5.32 Å². The Bertz CT molecular complexity index is 758. The summed E-state index contributed by atoms with van der Waals surface area (Å²) in [5.74, 6) is 0. The third-order valence-electron chi connectivity index (χ3n) is 3.58. The Kier molecular flexibility index (Phi) is 8.17. The van der Waals surface area contributed by atoms with Gasteiger partial charge in [0, 0.05) is 26.2 Å². The molecule has 9 nitrogen and oxygen atoms in total. The second-order valence-corrected chi connectivity index (χ2v) is 9.07. The van der Waals surface area contributed by atoms with Crippen LogP contribution in [0.3, 0.4) is 0 Å². The van der Waals surface area contributed by atoms with Gasteiger partial charge >= 0.3 is 11.8 Å². The minimum Gasteiger partial charge on any atom is -0.444 e. The van der Waals surface area contributed by atoms with Gasteiger partial charge in [0.05, 0.1) is 4.91 Å². The molecule has 0 aromatic heterocycles. The van der Waals surface area contributed by atoms with Gasteiger partial charge in [-0.25, -0.2) is 22.7 Å². The summed E-state index contributed by atoms with van der Waals surface area (Å²) in [5, 5.41) is 11.7. The molecule has 0 aliphatic heterocycles. The second kappa shape index (κ2) is 9.65. The van der Waals surface area contributed by atoms with Gasteiger partial charge in [-0.2, -0.15) is 0 Å². The number of benzene rings is 1. The number of carbonyl (C=O) groups excluding carboxylic acids is 1. The molecule has 1 rings (SSSR count). The van der Waals surface area contributed by atoms with E-state index in [1.54, 1.807) is 20.8 Å². The van der Waals surface area contributed by atoms with E-state index in [1.165, 1.54) is 31.3 Å². The van der Waals surface area contributed by atoms with Crippen molar-refractivity contribution in [3.63, 3.8) is 0 Å². The molecule has 0 atom stereocenters. The fourth-order valence-electron chi connectivity index (χ4n) is 2.26. The minimum absolute atomic E-state index is 0.243. The molecule has 2 N–H and O–H groups in total. The SMILES string of the molecule is CN(CCCCCNC(=O)OC(C)(C)C)S(=O)(=O)c1ccccc1[N+](=O)O. The maximum Gasteiger partial charge on any atom is 0.407 e. The summed E-state index contributed by atoms with van der Waals surface area (Å²) in [7, 11) is -2.48. The zero-order chi connectivity index (χ0) is 20.7. The number of ether oxygens (including phenoxy) is 1. The average Bonchev–Trinajstić information content (AvgIpc) is 2.56. The molecule has 0 spiro atoms. The minimum atomic E-state index is -3.90. The summed E-state index contributed by atoms with van der Waals surface area (Å²) in [4.78, 5) is 21.9. The molecule has 1 amide bonds. The first-order chi connectivity index (χ1) is 12.4. The van der Waals surface area contributed by atoms with Crippen molar-refractivity contribution in [2.24, 2.45) is 0 Å². The zero-order valence-corrected chi connectivity index (χ0v) is 17.0. The fraction of sp³-hybridized carbons (Fsp3) is 0.588. The molecule has 1 aromatic carbocycles. The first-order valence-electron chi connectivity index (χ1n) is 8.63. The molecule has 0 aliphatic rings. The molecule has 27 heavy (non-hydrogen) atoms. The quantitative estimate of drug-likeness (QED) is 0.485. The van der Waals surface area contributed by atoms with Crippen LogP contribution in [-0.4, -0.2) is 54.7 Å². The largest absolute Gasteiger partial charge is 0.444 e. The van der Waals surface area contributed by atoms with Crippen LogP contribution in [0.15, 0.2) is 29.2 Å². The normalized spacial score (nSPS) is 12.0. The maximum atomic E-state index is 12.6. The number of para-hydroxylation sites is 1. The molecular weight excluding hydrogens is 374 g/mol. The lowest BCUT2D eigenvalue weighted by Gasteiger charge is -2.19. The number of sulfonamides is 1. The Balaban J connectivity index is 2.46. The number of amides is 1. The van der Waals surface area contributed by atoms with Crippen molar-refractivity contribution < 1.29 is 28.1 Å². The maximum absolute atomic E-state index is 12.6. The molecular formula is C17H28N3O6S+. The van der Waals surface area contributed by atoms with E-state index >= 15 is 0 Å². The van der Waals surface area contributed by atoms with Crippen molar-refractivity contribution in [2.75, 3.05) is 20.1 Å². The van der Waals surface area contributed by atoms with Crippen molar-refractivity contribution >= 4 is 21.8 Å². The summed E-state index contributed by atoms with van der Waals surface area (Å²) in [5.41, 5.74) is -0.878. The van der Waals surface area contributed by atoms with Crippen molar-refractivity contribution in [1.82, 2.24) is 9.62 Å². The van der Waals surface area contributed by atoms with Crippen molar-refractivity contribution in [3.05, 3.63) is 29.2 Å². The summed E-state index contributed by atoms with van der Waals surface area (Å²) < 4.78 is 31.4. The van der Waals surface area contributed by atoms with E-state index in [0.29, 0.717) is 25.8 Å². The van der Waals surface area contributed by atoms with E-state index in [1.807, 2.05) is 0 Å². The standard InChI is InChI=1S/C17H27N3O6S/c1-17(2,3)26-16(21)18-12-8-5-9-13-19(4)27(24,25)15-11-7-6-10-14(15)20(22)23/h6-7,10-11H,5,8-9,12-13H2,1-4H3,(H-,18,21,22,23)/p+1. The molecule has 0 heterocycles. The molecule has 10 heteroatoms. The van der Waals surface area contributed by atoms with Gasteiger partial charge in [0.1, 0.15) is 5.60 Å². The smallest absolute Gasteiger partial charge is 0.407 e. The van der Waals surface area contributed by atoms with Crippen LogP contribution in [0.5, 0.6) is 0 Å². The predicted molar refractivity (Wildman–Crippen MR) is 99.4 cm³/mol. The predicted octanol–water partition coefficient (Wildman–Crippen LogP) is 2.80. The highest BCUT2D eigenvalue weighted by Gasteiger charge is 2.31. The second-order valence-electron chi connectivity index (χ2n) is 7.06. The molecule has 0 fully saturated rings. The van der Waals surface area contributed by atoms with Gasteiger partial charge < -0.3 is 10.1 Å². The van der Waals surface area contributed by atoms with E-state index in [-0.39, 0.29) is 17.1 Å². The fourth-order valence-corrected chi connectivity index (χ4v) is 3.63. The van der Waals surface area contributed by atoms with Gasteiger partial charge in [-0.05, 0) is 39.7 Å². The Morgan fingerprint density at radius 1 is 1.22 bits per heavy atom. The molecule has 0 radical (unpaired) electrons. The highest BCUT2D eigenvalue weighted by atomic mass is 32.2. The topological polar surface area (TPSA) is 116 Å². The van der Waals surface area contributed by atoms with E-state index in [4.69, 9.17) is 9.94 Å². The first kappa shape index (κ1) is 22.8. The van der Waals surface area contributed by atoms with Crippen LogP contribution in [0.4, 0.5) is 10.5 Å². The van der Waals surface area contributed by atoms with E-state index in [9.17, 15) is 18.1 Å². The van der Waals surface area contributed by atoms with Crippen LogP contribution in [0.1, 0.15) is 40.0 Å². The highest BCUT2D eigenvalue weighted by Crippen LogP contribution is 2.25. The number of unbranched alkanes of at least 4 members (excludes halogenated alkanes) is 2. The van der Waals surface area contributed by atoms with Crippen LogP contribution >= 0.6 is 0 Å².